The lowest BCUT2D eigenvalue weighted by molar-refractivity contribution is 0.229. The number of hydrogen-bond acceptors (Lipinski definition) is 3. The van der Waals surface area contributed by atoms with Crippen molar-refractivity contribution in [2.24, 2.45) is 5.41 Å². The Kier molecular flexibility index (Phi) is 4.43. The van der Waals surface area contributed by atoms with Crippen LogP contribution in [0.3, 0.4) is 0 Å². The summed E-state index contributed by atoms with van der Waals surface area (Å²) in [5, 5.41) is 3.47. The number of benzene rings is 1. The minimum atomic E-state index is -3.17. The summed E-state index contributed by atoms with van der Waals surface area (Å²) in [5.74, 6) is 0.141. The predicted octanol–water partition coefficient (Wildman–Crippen LogP) is 3.86. The normalized spacial score (nSPS) is 22.4. The van der Waals surface area contributed by atoms with E-state index >= 15 is 0 Å². The van der Waals surface area contributed by atoms with Gasteiger partial charge in [0.15, 0.2) is 9.84 Å². The predicted molar refractivity (Wildman–Crippen MR) is 83.8 cm³/mol. The molecular formula is C16H25NO2S. The smallest absolute Gasteiger partial charge is 0.180 e. The molecule has 1 aliphatic carbocycles. The second-order valence-electron chi connectivity index (χ2n) is 6.50. The number of nitrogens with one attached hydrogen (secondary N) is 1. The fourth-order valence-electron chi connectivity index (χ4n) is 3.05. The van der Waals surface area contributed by atoms with Gasteiger partial charge in [-0.15, -0.1) is 0 Å². The van der Waals surface area contributed by atoms with Crippen LogP contribution in [0.5, 0.6) is 0 Å². The van der Waals surface area contributed by atoms with Crippen molar-refractivity contribution in [2.75, 3.05) is 11.1 Å². The molecule has 112 valence electrons. The topological polar surface area (TPSA) is 46.2 Å². The number of rotatable bonds is 4. The fourth-order valence-corrected chi connectivity index (χ4v) is 4.11. The number of hydrogen-bond donors (Lipinski definition) is 1. The van der Waals surface area contributed by atoms with E-state index in [0.717, 1.165) is 18.5 Å². The van der Waals surface area contributed by atoms with Crippen LogP contribution in [0.25, 0.3) is 0 Å². The Balaban J connectivity index is 2.22. The molecule has 0 spiro atoms. The molecule has 0 saturated heterocycles. The van der Waals surface area contributed by atoms with Gasteiger partial charge in [-0.1, -0.05) is 39.3 Å². The highest BCUT2D eigenvalue weighted by Gasteiger charge is 2.28. The average molecular weight is 295 g/mol. The molecule has 0 bridgehead atoms. The molecule has 0 aromatic heterocycles. The quantitative estimate of drug-likeness (QED) is 0.917. The van der Waals surface area contributed by atoms with Crippen molar-refractivity contribution in [3.63, 3.8) is 0 Å². The van der Waals surface area contributed by atoms with Gasteiger partial charge in [-0.3, -0.25) is 0 Å². The Labute approximate surface area is 122 Å². The van der Waals surface area contributed by atoms with Crippen LogP contribution in [0.2, 0.25) is 0 Å². The summed E-state index contributed by atoms with van der Waals surface area (Å²) < 4.78 is 24.3. The van der Waals surface area contributed by atoms with Crippen molar-refractivity contribution in [1.29, 1.82) is 0 Å². The van der Waals surface area contributed by atoms with Crippen molar-refractivity contribution in [3.05, 3.63) is 24.3 Å². The average Bonchev–Trinajstić information content (AvgIpc) is 2.38. The van der Waals surface area contributed by atoms with E-state index in [9.17, 15) is 8.42 Å². The maximum absolute atomic E-state index is 12.2. The molecular weight excluding hydrogens is 270 g/mol. The van der Waals surface area contributed by atoms with Gasteiger partial charge in [-0.05, 0) is 36.8 Å². The maximum Gasteiger partial charge on any atom is 0.180 e. The zero-order valence-electron chi connectivity index (χ0n) is 12.6. The van der Waals surface area contributed by atoms with Gasteiger partial charge in [-0.25, -0.2) is 8.42 Å². The Morgan fingerprint density at radius 2 is 2.00 bits per heavy atom. The van der Waals surface area contributed by atoms with E-state index in [-0.39, 0.29) is 5.75 Å². The molecule has 1 fully saturated rings. The van der Waals surface area contributed by atoms with E-state index in [4.69, 9.17) is 0 Å². The molecule has 1 saturated carbocycles. The number of para-hydroxylation sites is 1. The Morgan fingerprint density at radius 3 is 2.65 bits per heavy atom. The number of anilines is 1. The molecule has 0 radical (unpaired) electrons. The van der Waals surface area contributed by atoms with Gasteiger partial charge in [0.2, 0.25) is 0 Å². The largest absolute Gasteiger partial charge is 0.381 e. The highest BCUT2D eigenvalue weighted by atomic mass is 32.2. The van der Waals surface area contributed by atoms with Crippen LogP contribution >= 0.6 is 0 Å². The van der Waals surface area contributed by atoms with Crippen molar-refractivity contribution >= 4 is 15.5 Å². The third-order valence-corrected chi connectivity index (χ3v) is 5.95. The highest BCUT2D eigenvalue weighted by molar-refractivity contribution is 7.91. The molecule has 1 unspecified atom stereocenters. The molecule has 1 aromatic carbocycles. The second kappa shape index (κ2) is 5.76. The maximum atomic E-state index is 12.2. The zero-order valence-corrected chi connectivity index (χ0v) is 13.5. The lowest BCUT2D eigenvalue weighted by Crippen LogP contribution is -2.32. The minimum Gasteiger partial charge on any atom is -0.381 e. The van der Waals surface area contributed by atoms with E-state index in [1.807, 2.05) is 12.1 Å². The SMILES string of the molecule is CCS(=O)(=O)c1ccccc1NC1CCCC(C)(C)C1. The Hall–Kier alpha value is -1.03. The molecule has 3 nitrogen and oxygen atoms in total. The van der Waals surface area contributed by atoms with E-state index in [1.165, 1.54) is 12.8 Å². The summed E-state index contributed by atoms with van der Waals surface area (Å²) in [7, 11) is -3.17. The third-order valence-electron chi connectivity index (χ3n) is 4.17. The van der Waals surface area contributed by atoms with Gasteiger partial charge < -0.3 is 5.32 Å². The molecule has 1 aliphatic rings. The summed E-state index contributed by atoms with van der Waals surface area (Å²) in [4.78, 5) is 0.436. The number of sulfone groups is 1. The molecule has 1 aromatic rings. The van der Waals surface area contributed by atoms with Crippen molar-refractivity contribution in [2.45, 2.75) is 57.4 Å². The van der Waals surface area contributed by atoms with Gasteiger partial charge in [0.05, 0.1) is 16.3 Å². The first kappa shape index (κ1) is 15.4. The van der Waals surface area contributed by atoms with Crippen LogP contribution in [-0.2, 0) is 9.84 Å². The lowest BCUT2D eigenvalue weighted by atomic mass is 9.75. The fraction of sp³-hybridized carbons (Fsp3) is 0.625. The van der Waals surface area contributed by atoms with Crippen LogP contribution in [-0.4, -0.2) is 20.2 Å². The summed E-state index contributed by atoms with van der Waals surface area (Å²) >= 11 is 0. The third kappa shape index (κ3) is 3.54. The second-order valence-corrected chi connectivity index (χ2v) is 8.75. The highest BCUT2D eigenvalue weighted by Crippen LogP contribution is 2.37. The molecule has 0 aliphatic heterocycles. The molecule has 20 heavy (non-hydrogen) atoms. The first-order valence-corrected chi connectivity index (χ1v) is 9.08. The van der Waals surface area contributed by atoms with Crippen molar-refractivity contribution < 1.29 is 8.42 Å². The summed E-state index contributed by atoms with van der Waals surface area (Å²) in [6.07, 6.45) is 4.66. The van der Waals surface area contributed by atoms with Crippen LogP contribution in [0.1, 0.15) is 46.5 Å². The van der Waals surface area contributed by atoms with Crippen molar-refractivity contribution in [3.8, 4) is 0 Å². The zero-order chi connectivity index (χ0) is 14.8. The van der Waals surface area contributed by atoms with Crippen LogP contribution in [0.15, 0.2) is 29.2 Å². The van der Waals surface area contributed by atoms with Gasteiger partial charge in [-0.2, -0.15) is 0 Å². The molecule has 0 heterocycles. The summed E-state index contributed by atoms with van der Waals surface area (Å²) in [6, 6.07) is 7.63. The standard InChI is InChI=1S/C16H25NO2S/c1-4-20(18,19)15-10-6-5-9-14(15)17-13-8-7-11-16(2,3)12-13/h5-6,9-10,13,17H,4,7-8,11-12H2,1-3H3. The molecule has 4 heteroatoms. The van der Waals surface area contributed by atoms with E-state index in [0.29, 0.717) is 16.4 Å². The van der Waals surface area contributed by atoms with E-state index in [2.05, 4.69) is 19.2 Å². The first-order valence-electron chi connectivity index (χ1n) is 7.42. The van der Waals surface area contributed by atoms with E-state index < -0.39 is 9.84 Å². The summed E-state index contributed by atoms with van der Waals surface area (Å²) in [5.41, 5.74) is 1.10. The first-order chi connectivity index (χ1) is 9.34. The lowest BCUT2D eigenvalue weighted by Gasteiger charge is -2.36. The van der Waals surface area contributed by atoms with Crippen LogP contribution in [0.4, 0.5) is 5.69 Å². The van der Waals surface area contributed by atoms with E-state index in [1.54, 1.807) is 19.1 Å². The Morgan fingerprint density at radius 1 is 1.30 bits per heavy atom. The van der Waals surface area contributed by atoms with Crippen LogP contribution < -0.4 is 5.32 Å². The van der Waals surface area contributed by atoms with Gasteiger partial charge >= 0.3 is 0 Å². The van der Waals surface area contributed by atoms with Gasteiger partial charge in [0.1, 0.15) is 0 Å². The van der Waals surface area contributed by atoms with Gasteiger partial charge in [0.25, 0.3) is 0 Å². The summed E-state index contributed by atoms with van der Waals surface area (Å²) in [6.45, 7) is 6.26. The van der Waals surface area contributed by atoms with Gasteiger partial charge in [0, 0.05) is 6.04 Å². The van der Waals surface area contributed by atoms with Crippen molar-refractivity contribution in [1.82, 2.24) is 0 Å². The monoisotopic (exact) mass is 295 g/mol. The molecule has 1 atom stereocenters. The van der Waals surface area contributed by atoms with Crippen LogP contribution in [0, 0.1) is 5.41 Å². The molecule has 2 rings (SSSR count). The Bertz CT molecular complexity index is 564. The minimum absolute atomic E-state index is 0.141. The molecule has 1 N–H and O–H groups in total. The molecule has 0 amide bonds.